The van der Waals surface area contributed by atoms with Crippen molar-refractivity contribution in [3.63, 3.8) is 0 Å². The van der Waals surface area contributed by atoms with E-state index in [9.17, 15) is 9.59 Å². The average molecular weight is 270 g/mol. The number of carbonyl (C=O) groups excluding carboxylic acids is 2. The molecule has 1 fully saturated rings. The Hall–Kier alpha value is -1.14. The number of primary amides is 1. The van der Waals surface area contributed by atoms with Crippen molar-refractivity contribution in [2.24, 2.45) is 17.5 Å². The van der Waals surface area contributed by atoms with Crippen LogP contribution in [0.2, 0.25) is 0 Å². The smallest absolute Gasteiger partial charge is 0.233 e. The molecule has 19 heavy (non-hydrogen) atoms. The summed E-state index contributed by atoms with van der Waals surface area (Å²) >= 11 is 0. The summed E-state index contributed by atoms with van der Waals surface area (Å²) in [7, 11) is 0. The molecule has 1 aliphatic heterocycles. The second kappa shape index (κ2) is 8.87. The molecule has 0 aliphatic carbocycles. The average Bonchev–Trinajstić information content (AvgIpc) is 2.42. The number of carbonyl (C=O) groups is 2. The highest BCUT2D eigenvalue weighted by molar-refractivity contribution is 5.75. The Kier molecular flexibility index (Phi) is 7.43. The maximum Gasteiger partial charge on any atom is 0.233 e. The molecule has 0 aromatic carbocycles. The molecule has 0 bridgehead atoms. The highest BCUT2D eigenvalue weighted by Gasteiger charge is 2.18. The number of amides is 2. The molecule has 6 heteroatoms. The quantitative estimate of drug-likeness (QED) is 0.252. The van der Waals surface area contributed by atoms with Crippen molar-refractivity contribution in [3.8, 4) is 0 Å². The molecule has 1 heterocycles. The van der Waals surface area contributed by atoms with Crippen LogP contribution in [0.1, 0.15) is 44.9 Å². The first kappa shape index (κ1) is 15.9. The third kappa shape index (κ3) is 7.12. The maximum atomic E-state index is 11.0. The van der Waals surface area contributed by atoms with E-state index in [-0.39, 0.29) is 11.8 Å². The molecule has 1 rings (SSSR count). The van der Waals surface area contributed by atoms with E-state index in [1.807, 2.05) is 0 Å². The van der Waals surface area contributed by atoms with E-state index in [0.29, 0.717) is 12.8 Å². The van der Waals surface area contributed by atoms with Crippen LogP contribution in [0.3, 0.4) is 0 Å². The molecule has 0 aromatic rings. The number of piperidine rings is 1. The van der Waals surface area contributed by atoms with Gasteiger partial charge in [0.1, 0.15) is 0 Å². The number of nitrogens with zero attached hydrogens (tertiary/aromatic N) is 1. The van der Waals surface area contributed by atoms with E-state index < -0.39 is 0 Å². The summed E-state index contributed by atoms with van der Waals surface area (Å²) in [6, 6.07) is 0. The fourth-order valence-corrected chi connectivity index (χ4v) is 2.56. The summed E-state index contributed by atoms with van der Waals surface area (Å²) in [5, 5.41) is 0. The second-order valence-corrected chi connectivity index (χ2v) is 5.31. The molecule has 0 saturated carbocycles. The van der Waals surface area contributed by atoms with Crippen LogP contribution in [0.4, 0.5) is 0 Å². The standard InChI is InChI=1S/C13H26N4O2/c14-12(18)7-10-17-8-5-11(6-9-17)3-1-2-4-13(19)16-15/h11H,1-10,15H2,(H2,14,18)(H,16,19). The van der Waals surface area contributed by atoms with Crippen LogP contribution in [0.25, 0.3) is 0 Å². The van der Waals surface area contributed by atoms with E-state index >= 15 is 0 Å². The van der Waals surface area contributed by atoms with Gasteiger partial charge in [0.2, 0.25) is 11.8 Å². The normalized spacial score (nSPS) is 17.3. The van der Waals surface area contributed by atoms with Crippen molar-refractivity contribution in [1.29, 1.82) is 0 Å². The predicted molar refractivity (Wildman–Crippen MR) is 73.8 cm³/mol. The first-order valence-electron chi connectivity index (χ1n) is 7.12. The zero-order valence-electron chi connectivity index (χ0n) is 11.6. The fourth-order valence-electron chi connectivity index (χ4n) is 2.56. The van der Waals surface area contributed by atoms with Gasteiger partial charge in [0, 0.05) is 19.4 Å². The van der Waals surface area contributed by atoms with Crippen molar-refractivity contribution in [1.82, 2.24) is 10.3 Å². The molecule has 0 radical (unpaired) electrons. The maximum absolute atomic E-state index is 11.0. The molecular weight excluding hydrogens is 244 g/mol. The highest BCUT2D eigenvalue weighted by atomic mass is 16.2. The number of hydrazine groups is 1. The number of hydrogen-bond donors (Lipinski definition) is 3. The van der Waals surface area contributed by atoms with Crippen LogP contribution in [-0.2, 0) is 9.59 Å². The minimum atomic E-state index is -0.222. The molecule has 2 amide bonds. The summed E-state index contributed by atoms with van der Waals surface area (Å²) in [5.74, 6) is 5.48. The van der Waals surface area contributed by atoms with Crippen LogP contribution >= 0.6 is 0 Å². The van der Waals surface area contributed by atoms with Crippen LogP contribution < -0.4 is 17.0 Å². The summed E-state index contributed by atoms with van der Waals surface area (Å²) in [5.41, 5.74) is 7.30. The van der Waals surface area contributed by atoms with E-state index in [0.717, 1.165) is 38.4 Å². The van der Waals surface area contributed by atoms with Gasteiger partial charge in [0.25, 0.3) is 0 Å². The Balaban J connectivity index is 2.03. The van der Waals surface area contributed by atoms with Crippen molar-refractivity contribution in [3.05, 3.63) is 0 Å². The number of rotatable bonds is 8. The minimum Gasteiger partial charge on any atom is -0.370 e. The molecule has 0 aromatic heterocycles. The van der Waals surface area contributed by atoms with E-state index in [1.54, 1.807) is 0 Å². The van der Waals surface area contributed by atoms with Crippen molar-refractivity contribution >= 4 is 11.8 Å². The first-order chi connectivity index (χ1) is 9.11. The van der Waals surface area contributed by atoms with Gasteiger partial charge in [-0.2, -0.15) is 0 Å². The van der Waals surface area contributed by atoms with Crippen LogP contribution in [0, 0.1) is 5.92 Å². The number of hydrogen-bond acceptors (Lipinski definition) is 4. The van der Waals surface area contributed by atoms with Gasteiger partial charge in [-0.1, -0.05) is 12.8 Å². The van der Waals surface area contributed by atoms with Crippen molar-refractivity contribution in [2.75, 3.05) is 19.6 Å². The lowest BCUT2D eigenvalue weighted by atomic mass is 9.91. The summed E-state index contributed by atoms with van der Waals surface area (Å²) in [4.78, 5) is 24.0. The number of nitrogens with one attached hydrogen (secondary N) is 1. The second-order valence-electron chi connectivity index (χ2n) is 5.31. The van der Waals surface area contributed by atoms with Gasteiger partial charge in [-0.05, 0) is 38.3 Å². The Bertz CT molecular complexity index is 288. The molecule has 1 saturated heterocycles. The van der Waals surface area contributed by atoms with Crippen LogP contribution in [0.15, 0.2) is 0 Å². The zero-order valence-corrected chi connectivity index (χ0v) is 11.6. The first-order valence-corrected chi connectivity index (χ1v) is 7.12. The highest BCUT2D eigenvalue weighted by Crippen LogP contribution is 2.22. The van der Waals surface area contributed by atoms with Crippen LogP contribution in [0.5, 0.6) is 0 Å². The third-order valence-electron chi connectivity index (χ3n) is 3.81. The van der Waals surface area contributed by atoms with E-state index in [2.05, 4.69) is 10.3 Å². The van der Waals surface area contributed by atoms with Gasteiger partial charge < -0.3 is 10.6 Å². The Morgan fingerprint density at radius 2 is 1.84 bits per heavy atom. The topological polar surface area (TPSA) is 101 Å². The lowest BCUT2D eigenvalue weighted by molar-refractivity contribution is -0.121. The van der Waals surface area contributed by atoms with Crippen LogP contribution in [-0.4, -0.2) is 36.3 Å². The van der Waals surface area contributed by atoms with E-state index in [4.69, 9.17) is 11.6 Å². The molecule has 0 unspecified atom stereocenters. The van der Waals surface area contributed by atoms with Gasteiger partial charge in [-0.25, -0.2) is 5.84 Å². The number of likely N-dealkylation sites (tertiary alicyclic amines) is 1. The van der Waals surface area contributed by atoms with Gasteiger partial charge >= 0.3 is 0 Å². The fraction of sp³-hybridized carbons (Fsp3) is 0.846. The van der Waals surface area contributed by atoms with Crippen molar-refractivity contribution < 1.29 is 9.59 Å². The molecule has 6 nitrogen and oxygen atoms in total. The minimum absolute atomic E-state index is 0.0822. The SMILES string of the molecule is NNC(=O)CCCCC1CCN(CCC(N)=O)CC1. The van der Waals surface area contributed by atoms with Gasteiger partial charge in [-0.3, -0.25) is 15.0 Å². The molecule has 1 aliphatic rings. The summed E-state index contributed by atoms with van der Waals surface area (Å²) < 4.78 is 0. The third-order valence-corrected chi connectivity index (χ3v) is 3.81. The van der Waals surface area contributed by atoms with Crippen molar-refractivity contribution in [2.45, 2.75) is 44.9 Å². The summed E-state index contributed by atoms with van der Waals surface area (Å²) in [6.45, 7) is 2.90. The number of nitrogens with two attached hydrogens (primary N) is 2. The Morgan fingerprint density at radius 1 is 1.16 bits per heavy atom. The molecular formula is C13H26N4O2. The molecule has 0 atom stereocenters. The monoisotopic (exact) mass is 270 g/mol. The Morgan fingerprint density at radius 3 is 2.42 bits per heavy atom. The zero-order chi connectivity index (χ0) is 14.1. The molecule has 110 valence electrons. The van der Waals surface area contributed by atoms with Gasteiger partial charge in [-0.15, -0.1) is 0 Å². The Labute approximate surface area is 114 Å². The van der Waals surface area contributed by atoms with Gasteiger partial charge in [0.05, 0.1) is 0 Å². The lowest BCUT2D eigenvalue weighted by Crippen LogP contribution is -2.35. The lowest BCUT2D eigenvalue weighted by Gasteiger charge is -2.31. The molecule has 5 N–H and O–H groups in total. The molecule has 0 spiro atoms. The van der Waals surface area contributed by atoms with E-state index in [1.165, 1.54) is 19.3 Å². The largest absolute Gasteiger partial charge is 0.370 e. The number of unbranched alkanes of at least 4 members (excludes halogenated alkanes) is 1. The predicted octanol–water partition coefficient (Wildman–Crippen LogP) is 0.124. The summed E-state index contributed by atoms with van der Waals surface area (Å²) in [6.07, 6.45) is 6.52. The van der Waals surface area contributed by atoms with Gasteiger partial charge in [0.15, 0.2) is 0 Å².